The van der Waals surface area contributed by atoms with Crippen LogP contribution in [0.5, 0.6) is 11.5 Å². The first-order valence-electron chi connectivity index (χ1n) is 10.6. The van der Waals surface area contributed by atoms with E-state index in [0.717, 1.165) is 32.1 Å². The van der Waals surface area contributed by atoms with Gasteiger partial charge in [-0.25, -0.2) is 14.4 Å². The summed E-state index contributed by atoms with van der Waals surface area (Å²) in [4.78, 5) is 8.70. The van der Waals surface area contributed by atoms with Crippen LogP contribution in [0.4, 0.5) is 15.9 Å². The van der Waals surface area contributed by atoms with E-state index < -0.39 is 12.1 Å². The Labute approximate surface area is 185 Å². The molecule has 3 aromatic rings. The van der Waals surface area contributed by atoms with Gasteiger partial charge in [-0.2, -0.15) is 0 Å². The van der Waals surface area contributed by atoms with Crippen molar-refractivity contribution in [2.75, 3.05) is 5.32 Å². The van der Waals surface area contributed by atoms with Gasteiger partial charge in [-0.1, -0.05) is 24.9 Å². The molecule has 1 aromatic heterocycles. The quantitative estimate of drug-likeness (QED) is 0.415. The van der Waals surface area contributed by atoms with Crippen molar-refractivity contribution < 1.29 is 19.0 Å². The maximum atomic E-state index is 13.5. The van der Waals surface area contributed by atoms with Crippen LogP contribution in [-0.2, 0) is 0 Å². The number of ether oxygens (including phenoxy) is 2. The van der Waals surface area contributed by atoms with Gasteiger partial charge < -0.3 is 19.9 Å². The molecular formula is C23H25ClFN3O3. The molecule has 0 radical (unpaired) electrons. The average molecular weight is 446 g/mol. The maximum absolute atomic E-state index is 13.5. The van der Waals surface area contributed by atoms with Gasteiger partial charge in [0.25, 0.3) is 0 Å². The zero-order valence-electron chi connectivity index (χ0n) is 17.3. The molecular weight excluding hydrogens is 421 g/mol. The van der Waals surface area contributed by atoms with Gasteiger partial charge in [-0.15, -0.1) is 0 Å². The summed E-state index contributed by atoms with van der Waals surface area (Å²) in [5.74, 6) is 1.02. The highest BCUT2D eigenvalue weighted by molar-refractivity contribution is 6.31. The molecule has 6 nitrogen and oxygen atoms in total. The van der Waals surface area contributed by atoms with Crippen LogP contribution in [-0.4, -0.2) is 27.5 Å². The Hall–Kier alpha value is -2.64. The molecule has 8 heteroatoms. The van der Waals surface area contributed by atoms with Crippen molar-refractivity contribution in [3.63, 3.8) is 0 Å². The Morgan fingerprint density at radius 2 is 2.00 bits per heavy atom. The number of hydrogen-bond acceptors (Lipinski definition) is 6. The molecule has 0 amide bonds. The van der Waals surface area contributed by atoms with Gasteiger partial charge in [-0.3, -0.25) is 0 Å². The molecule has 1 saturated carbocycles. The van der Waals surface area contributed by atoms with Crippen molar-refractivity contribution in [2.24, 2.45) is 0 Å². The molecule has 1 aliphatic rings. The molecule has 0 saturated heterocycles. The highest BCUT2D eigenvalue weighted by atomic mass is 35.5. The average Bonchev–Trinajstić information content (AvgIpc) is 3.25. The number of benzene rings is 2. The summed E-state index contributed by atoms with van der Waals surface area (Å²) in [6.45, 7) is 1.98. The van der Waals surface area contributed by atoms with Crippen molar-refractivity contribution in [3.8, 4) is 11.5 Å². The molecule has 1 aliphatic carbocycles. The minimum Gasteiger partial charge on any atom is -0.486 e. The summed E-state index contributed by atoms with van der Waals surface area (Å²) in [5, 5.41) is 14.1. The third-order valence-electron chi connectivity index (χ3n) is 5.28. The molecule has 0 bridgehead atoms. The van der Waals surface area contributed by atoms with Crippen molar-refractivity contribution in [1.82, 2.24) is 9.97 Å². The van der Waals surface area contributed by atoms with Crippen LogP contribution in [0.2, 0.25) is 5.02 Å². The van der Waals surface area contributed by atoms with E-state index in [0.29, 0.717) is 40.3 Å². The van der Waals surface area contributed by atoms with Crippen molar-refractivity contribution in [1.29, 1.82) is 0 Å². The van der Waals surface area contributed by atoms with E-state index in [-0.39, 0.29) is 11.1 Å². The molecule has 1 unspecified atom stereocenters. The van der Waals surface area contributed by atoms with Gasteiger partial charge in [-0.05, 0) is 49.9 Å². The lowest BCUT2D eigenvalue weighted by atomic mass is 10.2. The second kappa shape index (κ2) is 9.66. The molecule has 164 valence electrons. The number of fused-ring (bicyclic) bond motifs is 1. The summed E-state index contributed by atoms with van der Waals surface area (Å²) >= 11 is 5.90. The molecule has 0 spiro atoms. The number of aromatic nitrogens is 2. The summed E-state index contributed by atoms with van der Waals surface area (Å²) in [7, 11) is 0. The number of anilines is 2. The van der Waals surface area contributed by atoms with Crippen molar-refractivity contribution in [2.45, 2.75) is 57.8 Å². The van der Waals surface area contributed by atoms with E-state index >= 15 is 0 Å². The molecule has 4 rings (SSSR count). The number of hydrogen-bond donors (Lipinski definition) is 2. The van der Waals surface area contributed by atoms with E-state index in [4.69, 9.17) is 21.1 Å². The van der Waals surface area contributed by atoms with Crippen molar-refractivity contribution >= 4 is 34.0 Å². The molecule has 1 heterocycles. The second-order valence-corrected chi connectivity index (χ2v) is 8.08. The lowest BCUT2D eigenvalue weighted by Crippen LogP contribution is -2.17. The number of aliphatic hydroxyl groups is 1. The SMILES string of the molecule is CCCC(O)Oc1cc2c(Nc3ccc(F)c(Cl)c3)ncnc2cc1OC1CCCC1. The fourth-order valence-corrected chi connectivity index (χ4v) is 3.88. The van der Waals surface area contributed by atoms with Gasteiger partial charge in [0.05, 0.1) is 16.6 Å². The summed E-state index contributed by atoms with van der Waals surface area (Å²) in [5.41, 5.74) is 1.25. The summed E-state index contributed by atoms with van der Waals surface area (Å²) in [6, 6.07) is 7.94. The highest BCUT2D eigenvalue weighted by Gasteiger charge is 2.21. The molecule has 31 heavy (non-hydrogen) atoms. The second-order valence-electron chi connectivity index (χ2n) is 7.68. The normalized spacial score (nSPS) is 15.2. The molecule has 2 aromatic carbocycles. The fourth-order valence-electron chi connectivity index (χ4n) is 3.70. The van der Waals surface area contributed by atoms with Gasteiger partial charge in [0.2, 0.25) is 0 Å². The van der Waals surface area contributed by atoms with E-state index in [2.05, 4.69) is 15.3 Å². The van der Waals surface area contributed by atoms with Crippen LogP contribution in [0, 0.1) is 5.82 Å². The Kier molecular flexibility index (Phi) is 6.73. The predicted molar refractivity (Wildman–Crippen MR) is 119 cm³/mol. The van der Waals surface area contributed by atoms with E-state index in [9.17, 15) is 9.50 Å². The molecule has 0 aliphatic heterocycles. The third kappa shape index (κ3) is 5.17. The predicted octanol–water partition coefficient (Wildman–Crippen LogP) is 5.98. The first-order valence-corrected chi connectivity index (χ1v) is 10.9. The lowest BCUT2D eigenvalue weighted by Gasteiger charge is -2.20. The number of nitrogens with zero attached hydrogens (tertiary/aromatic N) is 2. The monoisotopic (exact) mass is 445 g/mol. The van der Waals surface area contributed by atoms with Gasteiger partial charge >= 0.3 is 0 Å². The van der Waals surface area contributed by atoms with Crippen LogP contribution in [0.25, 0.3) is 10.9 Å². The molecule has 1 atom stereocenters. The first-order chi connectivity index (χ1) is 15.0. The van der Waals surface area contributed by atoms with Crippen LogP contribution in [0.15, 0.2) is 36.7 Å². The Bertz CT molecular complexity index is 1060. The molecule has 2 N–H and O–H groups in total. The summed E-state index contributed by atoms with van der Waals surface area (Å²) < 4.78 is 25.5. The number of rotatable bonds is 8. The van der Waals surface area contributed by atoms with E-state index in [1.54, 1.807) is 12.1 Å². The standard InChI is InChI=1S/C23H25ClFN3O3/c1-2-5-22(29)31-20-11-16-19(12-21(20)30-15-6-3-4-7-15)26-13-27-23(16)28-14-8-9-18(25)17(24)10-14/h8-13,15,22,29H,2-7H2,1H3,(H,26,27,28). The van der Waals surface area contributed by atoms with E-state index in [1.165, 1.54) is 18.5 Å². The lowest BCUT2D eigenvalue weighted by molar-refractivity contribution is -0.0257. The van der Waals surface area contributed by atoms with Gasteiger partial charge in [0.15, 0.2) is 17.8 Å². The highest BCUT2D eigenvalue weighted by Crippen LogP contribution is 2.38. The number of aliphatic hydroxyl groups excluding tert-OH is 1. The minimum atomic E-state index is -0.940. The van der Waals surface area contributed by atoms with Crippen LogP contribution in [0.1, 0.15) is 45.4 Å². The maximum Gasteiger partial charge on any atom is 0.197 e. The molecule has 1 fully saturated rings. The van der Waals surface area contributed by atoms with Crippen molar-refractivity contribution in [3.05, 3.63) is 47.5 Å². The zero-order valence-corrected chi connectivity index (χ0v) is 18.0. The third-order valence-corrected chi connectivity index (χ3v) is 5.57. The number of halogens is 2. The Balaban J connectivity index is 1.71. The van der Waals surface area contributed by atoms with Crippen LogP contribution in [0.3, 0.4) is 0 Å². The minimum absolute atomic E-state index is 0.0160. The zero-order chi connectivity index (χ0) is 21.8. The summed E-state index contributed by atoms with van der Waals surface area (Å²) in [6.07, 6.45) is 6.21. The fraction of sp³-hybridized carbons (Fsp3) is 0.391. The van der Waals surface area contributed by atoms with Crippen LogP contribution < -0.4 is 14.8 Å². The topological polar surface area (TPSA) is 76.5 Å². The first kappa shape index (κ1) is 21.6. The Morgan fingerprint density at radius 1 is 1.19 bits per heavy atom. The smallest absolute Gasteiger partial charge is 0.197 e. The van der Waals surface area contributed by atoms with Crippen LogP contribution >= 0.6 is 11.6 Å². The Morgan fingerprint density at radius 3 is 2.74 bits per heavy atom. The van der Waals surface area contributed by atoms with Gasteiger partial charge in [0, 0.05) is 23.6 Å². The van der Waals surface area contributed by atoms with Gasteiger partial charge in [0.1, 0.15) is 18.0 Å². The number of nitrogens with one attached hydrogen (secondary N) is 1. The van der Waals surface area contributed by atoms with E-state index in [1.807, 2.05) is 13.0 Å². The largest absolute Gasteiger partial charge is 0.486 e.